The third kappa shape index (κ3) is 3.99. The zero-order valence-electron chi connectivity index (χ0n) is 12.0. The maximum Gasteiger partial charge on any atom is 0.202 e. The molecule has 0 aliphatic carbocycles. The number of halogens is 2. The number of anilines is 3. The molecule has 0 saturated heterocycles. The molecule has 22 heavy (non-hydrogen) atoms. The average Bonchev–Trinajstić information content (AvgIpc) is 2.81. The first-order valence-corrected chi connectivity index (χ1v) is 7.31. The number of nitrogens with one attached hydrogen (secondary N) is 1. The Morgan fingerprint density at radius 2 is 2.14 bits per heavy atom. The Morgan fingerprint density at radius 3 is 2.77 bits per heavy atom. The van der Waals surface area contributed by atoms with Gasteiger partial charge in [0, 0.05) is 11.8 Å². The van der Waals surface area contributed by atoms with Gasteiger partial charge in [0.25, 0.3) is 0 Å². The lowest BCUT2D eigenvalue weighted by Gasteiger charge is -2.05. The van der Waals surface area contributed by atoms with Crippen LogP contribution in [0.4, 0.5) is 25.4 Å². The van der Waals surface area contributed by atoms with Crippen molar-refractivity contribution in [3.05, 3.63) is 34.7 Å². The van der Waals surface area contributed by atoms with Gasteiger partial charge in [-0.3, -0.25) is 4.79 Å². The van der Waals surface area contributed by atoms with E-state index in [2.05, 4.69) is 10.3 Å². The van der Waals surface area contributed by atoms with Gasteiger partial charge in [-0.15, -0.1) is 0 Å². The number of ether oxygens (including phenoxy) is 1. The summed E-state index contributed by atoms with van der Waals surface area (Å²) < 4.78 is 31.2. The molecule has 0 unspecified atom stereocenters. The van der Waals surface area contributed by atoms with Crippen LogP contribution in [0.2, 0.25) is 0 Å². The second-order valence-electron chi connectivity index (χ2n) is 4.77. The first-order valence-electron chi connectivity index (χ1n) is 6.50. The number of nitrogens with two attached hydrogens (primary N) is 1. The van der Waals surface area contributed by atoms with E-state index in [0.717, 1.165) is 23.5 Å². The molecule has 3 N–H and O–H groups in total. The van der Waals surface area contributed by atoms with Gasteiger partial charge in [-0.1, -0.05) is 11.3 Å². The number of benzene rings is 1. The van der Waals surface area contributed by atoms with E-state index in [1.165, 1.54) is 6.07 Å². The van der Waals surface area contributed by atoms with Gasteiger partial charge in [0.1, 0.15) is 17.3 Å². The number of hydrogen-bond acceptors (Lipinski definition) is 6. The fourth-order valence-electron chi connectivity index (χ4n) is 1.59. The Bertz CT molecular complexity index is 689. The number of carbonyl (C=O) groups is 1. The highest BCUT2D eigenvalue weighted by Crippen LogP contribution is 2.28. The minimum absolute atomic E-state index is 0.0714. The van der Waals surface area contributed by atoms with Gasteiger partial charge in [-0.05, 0) is 26.0 Å². The zero-order chi connectivity index (χ0) is 16.3. The molecule has 0 saturated carbocycles. The quantitative estimate of drug-likeness (QED) is 0.796. The van der Waals surface area contributed by atoms with Gasteiger partial charge in [-0.2, -0.15) is 0 Å². The molecule has 0 spiro atoms. The molecule has 0 radical (unpaired) electrons. The summed E-state index contributed by atoms with van der Waals surface area (Å²) in [5.41, 5.74) is 6.02. The van der Waals surface area contributed by atoms with Crippen LogP contribution in [0.15, 0.2) is 18.2 Å². The average molecular weight is 327 g/mol. The molecule has 0 aliphatic rings. The lowest BCUT2D eigenvalue weighted by molar-refractivity contribution is 0.0589. The van der Waals surface area contributed by atoms with Crippen LogP contribution < -0.4 is 11.1 Å². The summed E-state index contributed by atoms with van der Waals surface area (Å²) in [6.07, 6.45) is -0.0714. The van der Waals surface area contributed by atoms with Crippen LogP contribution in [0.1, 0.15) is 23.5 Å². The Hall–Kier alpha value is -2.06. The lowest BCUT2D eigenvalue weighted by atomic mass is 10.3. The fraction of sp³-hybridized carbons (Fsp3) is 0.286. The number of thiazole rings is 1. The van der Waals surface area contributed by atoms with Gasteiger partial charge in [0.05, 0.1) is 6.10 Å². The van der Waals surface area contributed by atoms with E-state index < -0.39 is 11.6 Å². The predicted molar refractivity (Wildman–Crippen MR) is 81.6 cm³/mol. The Morgan fingerprint density at radius 1 is 1.41 bits per heavy atom. The number of aromatic nitrogens is 1. The Balaban J connectivity index is 2.12. The Kier molecular flexibility index (Phi) is 5.04. The third-order valence-electron chi connectivity index (χ3n) is 2.63. The summed E-state index contributed by atoms with van der Waals surface area (Å²) in [7, 11) is 0. The molecule has 1 aromatic heterocycles. The van der Waals surface area contributed by atoms with Crippen molar-refractivity contribution in [3.8, 4) is 0 Å². The van der Waals surface area contributed by atoms with Crippen LogP contribution in [0, 0.1) is 11.6 Å². The number of nitrogens with zero attached hydrogens (tertiary/aromatic N) is 1. The predicted octanol–water partition coefficient (Wildman–Crippen LogP) is 3.35. The molecular weight excluding hydrogens is 312 g/mol. The molecule has 1 aromatic carbocycles. The van der Waals surface area contributed by atoms with Gasteiger partial charge in [0.2, 0.25) is 5.78 Å². The van der Waals surface area contributed by atoms with Crippen LogP contribution in [-0.2, 0) is 4.74 Å². The molecule has 118 valence electrons. The minimum atomic E-state index is -0.976. The highest BCUT2D eigenvalue weighted by atomic mass is 32.1. The van der Waals surface area contributed by atoms with Crippen molar-refractivity contribution in [2.75, 3.05) is 17.7 Å². The molecule has 0 atom stereocenters. The zero-order valence-corrected chi connectivity index (χ0v) is 12.8. The van der Waals surface area contributed by atoms with E-state index in [-0.39, 0.29) is 29.2 Å². The number of nitrogen functional groups attached to an aromatic ring is 1. The number of carbonyl (C=O) groups excluding carboxylic acids is 1. The number of ketones is 1. The normalized spacial score (nSPS) is 11.0. The molecule has 8 heteroatoms. The summed E-state index contributed by atoms with van der Waals surface area (Å²) in [5.74, 6) is -2.11. The Labute approximate surface area is 130 Å². The second kappa shape index (κ2) is 6.80. The first-order chi connectivity index (χ1) is 10.4. The summed E-state index contributed by atoms with van der Waals surface area (Å²) in [6, 6.07) is 3.35. The highest BCUT2D eigenvalue weighted by Gasteiger charge is 2.17. The smallest absolute Gasteiger partial charge is 0.202 e. The number of hydrogen-bond donors (Lipinski definition) is 2. The van der Waals surface area contributed by atoms with E-state index in [0.29, 0.717) is 10.8 Å². The fourth-order valence-corrected chi connectivity index (χ4v) is 2.42. The van der Waals surface area contributed by atoms with Crippen molar-refractivity contribution in [1.82, 2.24) is 4.98 Å². The van der Waals surface area contributed by atoms with Crippen LogP contribution in [0.5, 0.6) is 0 Å². The second-order valence-corrected chi connectivity index (χ2v) is 5.77. The third-order valence-corrected chi connectivity index (χ3v) is 3.65. The van der Waals surface area contributed by atoms with E-state index >= 15 is 0 Å². The maximum absolute atomic E-state index is 13.1. The van der Waals surface area contributed by atoms with Crippen LogP contribution in [-0.4, -0.2) is 23.5 Å². The lowest BCUT2D eigenvalue weighted by Crippen LogP contribution is -2.13. The highest BCUT2D eigenvalue weighted by molar-refractivity contribution is 7.18. The van der Waals surface area contributed by atoms with Crippen molar-refractivity contribution in [2.24, 2.45) is 0 Å². The molecule has 2 rings (SSSR count). The molecule has 0 amide bonds. The van der Waals surface area contributed by atoms with Gasteiger partial charge < -0.3 is 15.8 Å². The monoisotopic (exact) mass is 327 g/mol. The van der Waals surface area contributed by atoms with Crippen molar-refractivity contribution >= 4 is 33.8 Å². The summed E-state index contributed by atoms with van der Waals surface area (Å²) in [5, 5.41) is 3.10. The standard InChI is InChI=1S/C14H15F2N3O2S/c1-7(2)21-6-11(20)12-13(17)19-14(22-12)18-8-3-4-9(15)10(16)5-8/h3-5,7H,6,17H2,1-2H3,(H,18,19). The van der Waals surface area contributed by atoms with Crippen molar-refractivity contribution < 1.29 is 18.3 Å². The van der Waals surface area contributed by atoms with Crippen molar-refractivity contribution in [3.63, 3.8) is 0 Å². The largest absolute Gasteiger partial charge is 0.382 e. The first kappa shape index (κ1) is 16.3. The minimum Gasteiger partial charge on any atom is -0.382 e. The van der Waals surface area contributed by atoms with Crippen molar-refractivity contribution in [1.29, 1.82) is 0 Å². The molecule has 1 heterocycles. The molecule has 0 aliphatic heterocycles. The summed E-state index contributed by atoms with van der Waals surface area (Å²) in [4.78, 5) is 16.2. The number of rotatable bonds is 6. The van der Waals surface area contributed by atoms with Crippen LogP contribution in [0.25, 0.3) is 0 Å². The van der Waals surface area contributed by atoms with Gasteiger partial charge in [0.15, 0.2) is 16.8 Å². The maximum atomic E-state index is 13.1. The number of Topliss-reactive ketones (excluding diaryl/α,β-unsaturated/α-hetero) is 1. The van der Waals surface area contributed by atoms with Gasteiger partial charge >= 0.3 is 0 Å². The summed E-state index contributed by atoms with van der Waals surface area (Å²) >= 11 is 1.03. The van der Waals surface area contributed by atoms with Crippen molar-refractivity contribution in [2.45, 2.75) is 20.0 Å². The SMILES string of the molecule is CC(C)OCC(=O)c1sc(Nc2ccc(F)c(F)c2)nc1N. The molecule has 5 nitrogen and oxygen atoms in total. The van der Waals surface area contributed by atoms with Crippen LogP contribution in [0.3, 0.4) is 0 Å². The van der Waals surface area contributed by atoms with E-state index in [1.807, 2.05) is 13.8 Å². The molecule has 2 aromatic rings. The topological polar surface area (TPSA) is 77.2 Å². The molecule has 0 bridgehead atoms. The van der Waals surface area contributed by atoms with Gasteiger partial charge in [-0.25, -0.2) is 13.8 Å². The molecule has 0 fully saturated rings. The van der Waals surface area contributed by atoms with E-state index in [1.54, 1.807) is 0 Å². The summed E-state index contributed by atoms with van der Waals surface area (Å²) in [6.45, 7) is 3.55. The van der Waals surface area contributed by atoms with E-state index in [4.69, 9.17) is 10.5 Å². The van der Waals surface area contributed by atoms with Crippen LogP contribution >= 0.6 is 11.3 Å². The molecular formula is C14H15F2N3O2S. The van der Waals surface area contributed by atoms with E-state index in [9.17, 15) is 13.6 Å².